The monoisotopic (exact) mass is 525 g/mol. The van der Waals surface area contributed by atoms with Crippen LogP contribution in [0.4, 0.5) is 15.9 Å². The Morgan fingerprint density at radius 1 is 1.17 bits per heavy atom. The molecule has 0 saturated carbocycles. The molecule has 0 aliphatic carbocycles. The van der Waals surface area contributed by atoms with Crippen LogP contribution in [-0.4, -0.2) is 51.9 Å². The predicted molar refractivity (Wildman–Crippen MR) is 147 cm³/mol. The third kappa shape index (κ3) is 4.65. The summed E-state index contributed by atoms with van der Waals surface area (Å²) in [5.74, 6) is 0.242. The van der Waals surface area contributed by atoms with E-state index in [1.54, 1.807) is 37.1 Å². The molecule has 188 valence electrons. The van der Waals surface area contributed by atoms with Crippen LogP contribution in [0.2, 0.25) is 0 Å². The molecular weight excluding hydrogens is 497 g/mol. The number of anilines is 2. The molecular formula is C26H28FN5O2S2. The lowest BCUT2D eigenvalue weighted by molar-refractivity contribution is -0.123. The van der Waals surface area contributed by atoms with Crippen molar-refractivity contribution >= 4 is 51.8 Å². The molecule has 2 aliphatic rings. The van der Waals surface area contributed by atoms with Gasteiger partial charge in [-0.15, -0.1) is 0 Å². The van der Waals surface area contributed by atoms with Gasteiger partial charge >= 0.3 is 0 Å². The molecule has 0 radical (unpaired) electrons. The Kier molecular flexibility index (Phi) is 7.52. The number of pyridine rings is 1. The quantitative estimate of drug-likeness (QED) is 0.431. The van der Waals surface area contributed by atoms with Gasteiger partial charge in [0.15, 0.2) is 0 Å². The Morgan fingerprint density at radius 2 is 1.78 bits per heavy atom. The fourth-order valence-electron chi connectivity index (χ4n) is 4.60. The lowest BCUT2D eigenvalue weighted by Gasteiger charge is -2.38. The molecule has 0 bridgehead atoms. The van der Waals surface area contributed by atoms with Crippen LogP contribution < -0.4 is 15.4 Å². The molecule has 4 rings (SSSR count). The molecule has 2 saturated heterocycles. The summed E-state index contributed by atoms with van der Waals surface area (Å²) >= 11 is 6.74. The molecule has 2 aromatic rings. The van der Waals surface area contributed by atoms with Crippen LogP contribution in [0.5, 0.6) is 0 Å². The smallest absolute Gasteiger partial charge is 0.270 e. The minimum absolute atomic E-state index is 0.0155. The van der Waals surface area contributed by atoms with E-state index in [-0.39, 0.29) is 28.9 Å². The summed E-state index contributed by atoms with van der Waals surface area (Å²) in [6.45, 7) is 8.30. The summed E-state index contributed by atoms with van der Waals surface area (Å²) in [6.07, 6.45) is 2.56. The van der Waals surface area contributed by atoms with Crippen molar-refractivity contribution in [1.82, 2.24) is 9.47 Å². The van der Waals surface area contributed by atoms with Gasteiger partial charge < -0.3 is 9.80 Å². The van der Waals surface area contributed by atoms with Crippen LogP contribution in [0.3, 0.4) is 0 Å². The van der Waals surface area contributed by atoms with E-state index in [2.05, 4.69) is 9.80 Å². The van der Waals surface area contributed by atoms with Gasteiger partial charge in [0.05, 0.1) is 4.91 Å². The molecule has 1 atom stereocenters. The summed E-state index contributed by atoms with van der Waals surface area (Å²) in [5.41, 5.74) is 1.86. The van der Waals surface area contributed by atoms with E-state index in [1.807, 2.05) is 19.9 Å². The minimum atomic E-state index is -0.365. The zero-order valence-corrected chi connectivity index (χ0v) is 22.4. The Hall–Kier alpha value is -3.16. The van der Waals surface area contributed by atoms with Crippen LogP contribution >= 0.6 is 24.0 Å². The SMILES string of the molecule is CCC(C)N1C(=O)C(=Cc2c(C)c(C#N)c(=O)n(C)c2N2CCN(c3ccc(F)cc3)CC2)SC1=S. The van der Waals surface area contributed by atoms with Gasteiger partial charge in [-0.1, -0.05) is 30.9 Å². The predicted octanol–water partition coefficient (Wildman–Crippen LogP) is 4.03. The minimum Gasteiger partial charge on any atom is -0.368 e. The summed E-state index contributed by atoms with van der Waals surface area (Å²) in [7, 11) is 1.66. The van der Waals surface area contributed by atoms with Crippen molar-refractivity contribution in [2.45, 2.75) is 33.2 Å². The average Bonchev–Trinajstić information content (AvgIpc) is 3.15. The largest absolute Gasteiger partial charge is 0.368 e. The van der Waals surface area contributed by atoms with Crippen molar-refractivity contribution in [2.24, 2.45) is 7.05 Å². The molecule has 3 heterocycles. The normalized spacial score (nSPS) is 18.2. The lowest BCUT2D eigenvalue weighted by atomic mass is 10.0. The number of carbonyl (C=O) groups is 1. The standard InChI is InChI=1S/C26H28FN5O2S2/c1-5-16(2)32-25(34)22(36-26(32)35)14-20-17(3)21(15-28)24(33)29(4)23(20)31-12-10-30(11-13-31)19-8-6-18(27)7-9-19/h6-9,14,16H,5,10-13H2,1-4H3. The zero-order chi connectivity index (χ0) is 26.1. The molecule has 1 amide bonds. The van der Waals surface area contributed by atoms with E-state index in [4.69, 9.17) is 12.2 Å². The number of amides is 1. The fourth-order valence-corrected chi connectivity index (χ4v) is 6.04. The summed E-state index contributed by atoms with van der Waals surface area (Å²) in [6, 6.07) is 8.44. The number of thioether (sulfide) groups is 1. The lowest BCUT2D eigenvalue weighted by Crippen LogP contribution is -2.48. The first-order chi connectivity index (χ1) is 17.2. The molecule has 1 unspecified atom stereocenters. The first-order valence-electron chi connectivity index (χ1n) is 11.8. The summed E-state index contributed by atoms with van der Waals surface area (Å²) < 4.78 is 15.4. The van der Waals surface area contributed by atoms with Gasteiger partial charge in [0.1, 0.15) is 27.6 Å². The number of aromatic nitrogens is 1. The van der Waals surface area contributed by atoms with E-state index < -0.39 is 0 Å². The highest BCUT2D eigenvalue weighted by Gasteiger charge is 2.35. The van der Waals surface area contributed by atoms with Crippen molar-refractivity contribution in [3.05, 3.63) is 62.0 Å². The maximum atomic E-state index is 13.3. The number of thiocarbonyl (C=S) groups is 1. The average molecular weight is 526 g/mol. The van der Waals surface area contributed by atoms with Crippen molar-refractivity contribution in [2.75, 3.05) is 36.0 Å². The van der Waals surface area contributed by atoms with Crippen LogP contribution in [0, 0.1) is 24.1 Å². The molecule has 2 fully saturated rings. The highest BCUT2D eigenvalue weighted by atomic mass is 32.2. The number of piperazine rings is 1. The number of rotatable bonds is 5. The molecule has 36 heavy (non-hydrogen) atoms. The third-order valence-corrected chi connectivity index (χ3v) is 8.20. The van der Waals surface area contributed by atoms with Gasteiger partial charge in [-0.25, -0.2) is 4.39 Å². The number of hydrogen-bond acceptors (Lipinski definition) is 7. The molecule has 2 aliphatic heterocycles. The summed E-state index contributed by atoms with van der Waals surface area (Å²) in [4.78, 5) is 32.6. The first kappa shape index (κ1) is 25.9. The fraction of sp³-hybridized carbons (Fsp3) is 0.385. The highest BCUT2D eigenvalue weighted by molar-refractivity contribution is 8.26. The molecule has 10 heteroatoms. The van der Waals surface area contributed by atoms with Crippen LogP contribution in [0.15, 0.2) is 34.0 Å². The van der Waals surface area contributed by atoms with E-state index >= 15 is 0 Å². The second-order valence-electron chi connectivity index (χ2n) is 8.97. The van der Waals surface area contributed by atoms with Gasteiger partial charge in [-0.2, -0.15) is 5.26 Å². The van der Waals surface area contributed by atoms with E-state index in [0.29, 0.717) is 52.3 Å². The second kappa shape index (κ2) is 10.4. The Morgan fingerprint density at radius 3 is 2.36 bits per heavy atom. The zero-order valence-electron chi connectivity index (χ0n) is 20.7. The summed E-state index contributed by atoms with van der Waals surface area (Å²) in [5, 5.41) is 9.70. The van der Waals surface area contributed by atoms with Crippen molar-refractivity contribution in [3.63, 3.8) is 0 Å². The van der Waals surface area contributed by atoms with Crippen molar-refractivity contribution in [1.29, 1.82) is 5.26 Å². The van der Waals surface area contributed by atoms with Gasteiger partial charge in [-0.3, -0.25) is 19.1 Å². The molecule has 7 nitrogen and oxygen atoms in total. The van der Waals surface area contributed by atoms with Crippen molar-refractivity contribution < 1.29 is 9.18 Å². The number of benzene rings is 1. The molecule has 1 aromatic heterocycles. The maximum Gasteiger partial charge on any atom is 0.270 e. The van der Waals surface area contributed by atoms with Crippen LogP contribution in [0.25, 0.3) is 6.08 Å². The maximum absolute atomic E-state index is 13.3. The first-order valence-corrected chi connectivity index (χ1v) is 13.1. The Labute approximate surface area is 219 Å². The van der Waals surface area contributed by atoms with Gasteiger partial charge in [0, 0.05) is 50.5 Å². The molecule has 0 spiro atoms. The van der Waals surface area contributed by atoms with E-state index in [9.17, 15) is 19.2 Å². The Balaban J connectivity index is 1.73. The second-order valence-corrected chi connectivity index (χ2v) is 10.6. The van der Waals surface area contributed by atoms with E-state index in [0.717, 1.165) is 12.1 Å². The van der Waals surface area contributed by atoms with Gasteiger partial charge in [0.25, 0.3) is 11.5 Å². The number of nitrogens with zero attached hydrogens (tertiary/aromatic N) is 5. The number of halogens is 1. The van der Waals surface area contributed by atoms with Crippen molar-refractivity contribution in [3.8, 4) is 6.07 Å². The third-order valence-electron chi connectivity index (χ3n) is 6.87. The highest BCUT2D eigenvalue weighted by Crippen LogP contribution is 2.37. The number of hydrogen-bond donors (Lipinski definition) is 0. The van der Waals surface area contributed by atoms with Crippen LogP contribution in [0.1, 0.15) is 37.0 Å². The van der Waals surface area contributed by atoms with Crippen LogP contribution in [-0.2, 0) is 11.8 Å². The molecule has 1 aromatic carbocycles. The van der Waals surface area contributed by atoms with Gasteiger partial charge in [0.2, 0.25) is 0 Å². The van der Waals surface area contributed by atoms with E-state index in [1.165, 1.54) is 28.5 Å². The Bertz CT molecular complexity index is 1340. The van der Waals surface area contributed by atoms with Gasteiger partial charge in [-0.05, 0) is 56.2 Å². The number of carbonyl (C=O) groups excluding carboxylic acids is 1. The molecule has 0 N–H and O–H groups in total. The number of nitriles is 1. The topological polar surface area (TPSA) is 72.6 Å².